The minimum Gasteiger partial charge on any atom is -0.362 e. The molecule has 2 aliphatic heterocycles. The third-order valence-electron chi connectivity index (χ3n) is 5.34. The van der Waals surface area contributed by atoms with Crippen molar-refractivity contribution in [1.29, 1.82) is 0 Å². The van der Waals surface area contributed by atoms with Crippen LogP contribution in [0.5, 0.6) is 0 Å². The van der Waals surface area contributed by atoms with Crippen molar-refractivity contribution in [3.63, 3.8) is 0 Å². The first-order valence-corrected chi connectivity index (χ1v) is 9.52. The summed E-state index contributed by atoms with van der Waals surface area (Å²) in [7, 11) is 0. The fraction of sp³-hybridized carbons (Fsp3) is 0.650. The van der Waals surface area contributed by atoms with Crippen molar-refractivity contribution in [3.8, 4) is 0 Å². The molecule has 1 aromatic carbocycles. The normalized spacial score (nSPS) is 19.3. The number of benzene rings is 1. The smallest absolute Gasteiger partial charge is 0.242 e. The van der Waals surface area contributed by atoms with Gasteiger partial charge in [-0.05, 0) is 75.7 Å². The maximum Gasteiger partial charge on any atom is 0.242 e. The van der Waals surface area contributed by atoms with Gasteiger partial charge in [-0.25, -0.2) is 0 Å². The van der Waals surface area contributed by atoms with Crippen LogP contribution in [0.1, 0.15) is 37.7 Å². The van der Waals surface area contributed by atoms with Crippen molar-refractivity contribution in [1.82, 2.24) is 10.2 Å². The van der Waals surface area contributed by atoms with Crippen LogP contribution < -0.4 is 10.2 Å². The molecular formula is C20H31N3O. The van der Waals surface area contributed by atoms with E-state index >= 15 is 0 Å². The van der Waals surface area contributed by atoms with Crippen LogP contribution in [0, 0.1) is 12.8 Å². The topological polar surface area (TPSA) is 35.6 Å². The predicted octanol–water partition coefficient (Wildman–Crippen LogP) is 2.81. The first kappa shape index (κ1) is 17.3. The lowest BCUT2D eigenvalue weighted by atomic mass is 9.97. The van der Waals surface area contributed by atoms with Crippen LogP contribution in [0.2, 0.25) is 0 Å². The number of hydrogen-bond acceptors (Lipinski definition) is 3. The summed E-state index contributed by atoms with van der Waals surface area (Å²) < 4.78 is 0. The first-order chi connectivity index (χ1) is 11.7. The minimum absolute atomic E-state index is 0.296. The average Bonchev–Trinajstić information content (AvgIpc) is 2.63. The van der Waals surface area contributed by atoms with Gasteiger partial charge in [0.1, 0.15) is 0 Å². The number of amides is 1. The van der Waals surface area contributed by atoms with E-state index in [0.29, 0.717) is 18.4 Å². The Kier molecular flexibility index (Phi) is 6.13. The molecule has 2 fully saturated rings. The zero-order valence-electron chi connectivity index (χ0n) is 15.0. The maximum atomic E-state index is 12.8. The van der Waals surface area contributed by atoms with Gasteiger partial charge in [0.15, 0.2) is 0 Å². The largest absolute Gasteiger partial charge is 0.362 e. The number of carbonyl (C=O) groups excluding carboxylic acids is 1. The van der Waals surface area contributed by atoms with E-state index in [0.717, 1.165) is 45.6 Å². The molecule has 3 rings (SSSR count). The van der Waals surface area contributed by atoms with Crippen molar-refractivity contribution in [2.24, 2.45) is 5.92 Å². The van der Waals surface area contributed by atoms with E-state index in [9.17, 15) is 4.79 Å². The summed E-state index contributed by atoms with van der Waals surface area (Å²) in [4.78, 5) is 17.2. The van der Waals surface area contributed by atoms with Gasteiger partial charge in [0.25, 0.3) is 0 Å². The van der Waals surface area contributed by atoms with E-state index in [-0.39, 0.29) is 0 Å². The zero-order valence-corrected chi connectivity index (χ0v) is 15.0. The molecule has 0 aliphatic carbocycles. The molecule has 4 nitrogen and oxygen atoms in total. The summed E-state index contributed by atoms with van der Waals surface area (Å²) in [5, 5.41) is 3.44. The van der Waals surface area contributed by atoms with Gasteiger partial charge in [-0.15, -0.1) is 0 Å². The van der Waals surface area contributed by atoms with E-state index in [1.165, 1.54) is 30.5 Å². The van der Waals surface area contributed by atoms with Gasteiger partial charge in [-0.3, -0.25) is 4.79 Å². The van der Waals surface area contributed by atoms with E-state index in [2.05, 4.69) is 46.3 Å². The number of piperidine rings is 2. The fourth-order valence-corrected chi connectivity index (χ4v) is 3.87. The summed E-state index contributed by atoms with van der Waals surface area (Å²) in [5.74, 6) is 0.978. The molecule has 2 aliphatic rings. The molecule has 2 saturated heterocycles. The van der Waals surface area contributed by atoms with Gasteiger partial charge >= 0.3 is 0 Å². The molecule has 0 radical (unpaired) electrons. The van der Waals surface area contributed by atoms with Crippen LogP contribution in [0.3, 0.4) is 0 Å². The van der Waals surface area contributed by atoms with Crippen LogP contribution in [0.25, 0.3) is 0 Å². The standard InChI is InChI=1S/C20H31N3O/c1-17-6-5-7-19(14-17)23(15-18-8-10-21-11-9-18)16-20(24)22-12-3-2-4-13-22/h5-7,14,18,21H,2-4,8-13,15-16H2,1H3. The summed E-state index contributed by atoms with van der Waals surface area (Å²) in [6.07, 6.45) is 6.00. The van der Waals surface area contributed by atoms with Crippen LogP contribution in [-0.4, -0.2) is 50.1 Å². The molecule has 1 aromatic rings. The SMILES string of the molecule is Cc1cccc(N(CC(=O)N2CCCCC2)CC2CCNCC2)c1. The second-order valence-corrected chi connectivity index (χ2v) is 7.35. The Hall–Kier alpha value is -1.55. The number of anilines is 1. The molecule has 1 amide bonds. The van der Waals surface area contributed by atoms with E-state index < -0.39 is 0 Å². The van der Waals surface area contributed by atoms with Crippen molar-refractivity contribution < 1.29 is 4.79 Å². The Morgan fingerprint density at radius 3 is 2.67 bits per heavy atom. The molecule has 0 saturated carbocycles. The number of hydrogen-bond donors (Lipinski definition) is 1. The number of carbonyl (C=O) groups is 1. The molecule has 24 heavy (non-hydrogen) atoms. The van der Waals surface area contributed by atoms with Gasteiger partial charge < -0.3 is 15.1 Å². The molecule has 0 unspecified atom stereocenters. The Morgan fingerprint density at radius 1 is 1.21 bits per heavy atom. The van der Waals surface area contributed by atoms with Gasteiger partial charge in [0, 0.05) is 25.3 Å². The lowest BCUT2D eigenvalue weighted by Crippen LogP contribution is -2.45. The summed E-state index contributed by atoms with van der Waals surface area (Å²) >= 11 is 0. The van der Waals surface area contributed by atoms with Crippen LogP contribution in [-0.2, 0) is 4.79 Å². The quantitative estimate of drug-likeness (QED) is 0.902. The molecular weight excluding hydrogens is 298 g/mol. The van der Waals surface area contributed by atoms with Gasteiger partial charge in [-0.1, -0.05) is 12.1 Å². The van der Waals surface area contributed by atoms with Crippen LogP contribution in [0.15, 0.2) is 24.3 Å². The number of aryl methyl sites for hydroxylation is 1. The second-order valence-electron chi connectivity index (χ2n) is 7.35. The molecule has 0 atom stereocenters. The highest BCUT2D eigenvalue weighted by atomic mass is 16.2. The number of nitrogens with zero attached hydrogens (tertiary/aromatic N) is 2. The second kappa shape index (κ2) is 8.52. The predicted molar refractivity (Wildman–Crippen MR) is 99.4 cm³/mol. The van der Waals surface area contributed by atoms with E-state index in [1.54, 1.807) is 0 Å². The molecule has 0 aromatic heterocycles. The van der Waals surface area contributed by atoms with E-state index in [4.69, 9.17) is 0 Å². The molecule has 132 valence electrons. The van der Waals surface area contributed by atoms with Gasteiger partial charge in [-0.2, -0.15) is 0 Å². The Bertz CT molecular complexity index is 533. The monoisotopic (exact) mass is 329 g/mol. The van der Waals surface area contributed by atoms with Crippen LogP contribution in [0.4, 0.5) is 5.69 Å². The molecule has 4 heteroatoms. The molecule has 1 N–H and O–H groups in total. The molecule has 2 heterocycles. The van der Waals surface area contributed by atoms with Crippen molar-refractivity contribution in [2.75, 3.05) is 44.2 Å². The van der Waals surface area contributed by atoms with Crippen molar-refractivity contribution in [3.05, 3.63) is 29.8 Å². The fourth-order valence-electron chi connectivity index (χ4n) is 3.87. The lowest BCUT2D eigenvalue weighted by molar-refractivity contribution is -0.130. The molecule has 0 spiro atoms. The van der Waals surface area contributed by atoms with Crippen molar-refractivity contribution in [2.45, 2.75) is 39.0 Å². The van der Waals surface area contributed by atoms with Gasteiger partial charge in [0.2, 0.25) is 5.91 Å². The Morgan fingerprint density at radius 2 is 1.96 bits per heavy atom. The van der Waals surface area contributed by atoms with Crippen molar-refractivity contribution >= 4 is 11.6 Å². The third-order valence-corrected chi connectivity index (χ3v) is 5.34. The highest BCUT2D eigenvalue weighted by molar-refractivity contribution is 5.81. The highest BCUT2D eigenvalue weighted by Crippen LogP contribution is 2.21. The summed E-state index contributed by atoms with van der Waals surface area (Å²) in [6.45, 7) is 7.72. The van der Waals surface area contributed by atoms with Gasteiger partial charge in [0.05, 0.1) is 6.54 Å². The third kappa shape index (κ3) is 4.73. The highest BCUT2D eigenvalue weighted by Gasteiger charge is 2.23. The van der Waals surface area contributed by atoms with E-state index in [1.807, 2.05) is 0 Å². The number of likely N-dealkylation sites (tertiary alicyclic amines) is 1. The minimum atomic E-state index is 0.296. The zero-order chi connectivity index (χ0) is 16.8. The lowest BCUT2D eigenvalue weighted by Gasteiger charge is -2.34. The first-order valence-electron chi connectivity index (χ1n) is 9.52. The number of nitrogens with one attached hydrogen (secondary N) is 1. The summed E-state index contributed by atoms with van der Waals surface area (Å²) in [6, 6.07) is 8.59. The number of rotatable bonds is 5. The molecule has 0 bridgehead atoms. The summed E-state index contributed by atoms with van der Waals surface area (Å²) in [5.41, 5.74) is 2.45. The van der Waals surface area contributed by atoms with Crippen LogP contribution >= 0.6 is 0 Å². The Balaban J connectivity index is 1.69. The Labute approximate surface area is 146 Å². The average molecular weight is 329 g/mol. The maximum absolute atomic E-state index is 12.8.